The van der Waals surface area contributed by atoms with Crippen LogP contribution in [-0.4, -0.2) is 37.2 Å². The number of nitrogens with one attached hydrogen (secondary N) is 1. The van der Waals surface area contributed by atoms with Crippen molar-refractivity contribution < 1.29 is 17.9 Å². The molecule has 0 spiro atoms. The lowest BCUT2D eigenvalue weighted by Crippen LogP contribution is -2.31. The molecule has 2 rings (SSSR count). The minimum absolute atomic E-state index is 0.0434. The highest BCUT2D eigenvalue weighted by Crippen LogP contribution is 2.37. The maximum Gasteiger partial charge on any atom is 0.418 e. The van der Waals surface area contributed by atoms with Gasteiger partial charge < -0.3 is 10.1 Å². The standard InChI is InChI=1S/C15H21F3N2O/c1-10(2)20-7-6-11(9-20)19-14-5-4-12(21-3)8-13(14)15(16,17)18/h4-5,8,10-11,19H,6-7,9H2,1-3H3. The van der Waals surface area contributed by atoms with Crippen LogP contribution in [0.5, 0.6) is 5.75 Å². The van der Waals surface area contributed by atoms with E-state index in [1.807, 2.05) is 0 Å². The summed E-state index contributed by atoms with van der Waals surface area (Å²) in [6.45, 7) is 5.86. The van der Waals surface area contributed by atoms with Crippen molar-refractivity contribution in [1.29, 1.82) is 0 Å². The highest BCUT2D eigenvalue weighted by Gasteiger charge is 2.35. The lowest BCUT2D eigenvalue weighted by molar-refractivity contribution is -0.137. The lowest BCUT2D eigenvalue weighted by atomic mass is 10.1. The molecule has 21 heavy (non-hydrogen) atoms. The van der Waals surface area contributed by atoms with Gasteiger partial charge in [-0.25, -0.2) is 0 Å². The molecule has 1 aliphatic rings. The van der Waals surface area contributed by atoms with Crippen LogP contribution in [0.15, 0.2) is 18.2 Å². The highest BCUT2D eigenvalue weighted by molar-refractivity contribution is 5.56. The van der Waals surface area contributed by atoms with Gasteiger partial charge in [0.15, 0.2) is 0 Å². The predicted molar refractivity (Wildman–Crippen MR) is 76.7 cm³/mol. The molecular weight excluding hydrogens is 281 g/mol. The van der Waals surface area contributed by atoms with Crippen molar-refractivity contribution >= 4 is 5.69 Å². The van der Waals surface area contributed by atoms with Crippen LogP contribution in [0.2, 0.25) is 0 Å². The van der Waals surface area contributed by atoms with Crippen LogP contribution in [0, 0.1) is 0 Å². The number of anilines is 1. The summed E-state index contributed by atoms with van der Waals surface area (Å²) in [5, 5.41) is 3.03. The molecule has 0 bridgehead atoms. The van der Waals surface area contributed by atoms with Gasteiger partial charge in [-0.3, -0.25) is 4.90 Å². The first-order valence-electron chi connectivity index (χ1n) is 7.07. The van der Waals surface area contributed by atoms with E-state index in [1.165, 1.54) is 13.2 Å². The van der Waals surface area contributed by atoms with E-state index in [0.717, 1.165) is 25.6 Å². The molecule has 6 heteroatoms. The smallest absolute Gasteiger partial charge is 0.418 e. The van der Waals surface area contributed by atoms with E-state index >= 15 is 0 Å². The first kappa shape index (κ1) is 15.9. The van der Waals surface area contributed by atoms with E-state index < -0.39 is 11.7 Å². The number of benzene rings is 1. The molecule has 0 saturated carbocycles. The van der Waals surface area contributed by atoms with Gasteiger partial charge in [0.1, 0.15) is 5.75 Å². The van der Waals surface area contributed by atoms with E-state index in [9.17, 15) is 13.2 Å². The number of methoxy groups -OCH3 is 1. The Bertz CT molecular complexity index is 488. The van der Waals surface area contributed by atoms with Gasteiger partial charge in [-0.2, -0.15) is 13.2 Å². The van der Waals surface area contributed by atoms with Crippen LogP contribution in [-0.2, 0) is 6.18 Å². The summed E-state index contributed by atoms with van der Waals surface area (Å²) in [5.41, 5.74) is -0.552. The molecule has 1 aromatic rings. The van der Waals surface area contributed by atoms with Crippen LogP contribution in [0.1, 0.15) is 25.8 Å². The molecule has 1 heterocycles. The minimum atomic E-state index is -4.40. The van der Waals surface area contributed by atoms with Gasteiger partial charge in [0, 0.05) is 30.9 Å². The summed E-state index contributed by atoms with van der Waals surface area (Å²) in [6, 6.07) is 4.49. The van der Waals surface area contributed by atoms with Gasteiger partial charge in [-0.1, -0.05) is 0 Å². The zero-order valence-corrected chi connectivity index (χ0v) is 12.5. The molecule has 0 aromatic heterocycles. The van der Waals surface area contributed by atoms with Crippen molar-refractivity contribution in [3.63, 3.8) is 0 Å². The molecule has 1 unspecified atom stereocenters. The number of nitrogens with zero attached hydrogens (tertiary/aromatic N) is 1. The van der Waals surface area contributed by atoms with Crippen LogP contribution in [0.4, 0.5) is 18.9 Å². The first-order valence-corrected chi connectivity index (χ1v) is 7.07. The number of rotatable bonds is 4. The SMILES string of the molecule is COc1ccc(NC2CCN(C(C)C)C2)c(C(F)(F)F)c1. The van der Waals surface area contributed by atoms with Gasteiger partial charge >= 0.3 is 6.18 Å². The van der Waals surface area contributed by atoms with E-state index in [4.69, 9.17) is 4.74 Å². The molecule has 3 nitrogen and oxygen atoms in total. The summed E-state index contributed by atoms with van der Waals surface area (Å²) >= 11 is 0. The van der Waals surface area contributed by atoms with Crippen LogP contribution >= 0.6 is 0 Å². The number of likely N-dealkylation sites (tertiary alicyclic amines) is 1. The second-order valence-corrected chi connectivity index (χ2v) is 5.63. The molecule has 0 radical (unpaired) electrons. The van der Waals surface area contributed by atoms with E-state index in [-0.39, 0.29) is 17.5 Å². The number of hydrogen-bond acceptors (Lipinski definition) is 3. The minimum Gasteiger partial charge on any atom is -0.497 e. The second kappa shape index (κ2) is 6.13. The van der Waals surface area contributed by atoms with Crippen LogP contribution in [0.25, 0.3) is 0 Å². The third-order valence-corrected chi connectivity index (χ3v) is 3.84. The maximum atomic E-state index is 13.1. The maximum absolute atomic E-state index is 13.1. The summed E-state index contributed by atoms with van der Waals surface area (Å²) in [6.07, 6.45) is -3.55. The summed E-state index contributed by atoms with van der Waals surface area (Å²) < 4.78 is 44.3. The summed E-state index contributed by atoms with van der Waals surface area (Å²) in [4.78, 5) is 2.26. The zero-order chi connectivity index (χ0) is 15.6. The Morgan fingerprint density at radius 1 is 1.33 bits per heavy atom. The average Bonchev–Trinajstić information content (AvgIpc) is 2.86. The van der Waals surface area contributed by atoms with Crippen molar-refractivity contribution in [2.75, 3.05) is 25.5 Å². The molecule has 0 amide bonds. The molecular formula is C15H21F3N2O. The topological polar surface area (TPSA) is 24.5 Å². The molecule has 1 atom stereocenters. The third-order valence-electron chi connectivity index (χ3n) is 3.84. The van der Waals surface area contributed by atoms with Crippen LogP contribution in [0.3, 0.4) is 0 Å². The molecule has 118 valence electrons. The Morgan fingerprint density at radius 3 is 2.57 bits per heavy atom. The summed E-state index contributed by atoms with van der Waals surface area (Å²) in [5.74, 6) is 0.211. The normalized spacial score (nSPS) is 20.0. The van der Waals surface area contributed by atoms with E-state index in [1.54, 1.807) is 6.07 Å². The Hall–Kier alpha value is -1.43. The number of halogens is 3. The molecule has 1 N–H and O–H groups in total. The van der Waals surface area contributed by atoms with Gasteiger partial charge in [-0.05, 0) is 38.5 Å². The molecule has 0 aliphatic carbocycles. The molecule has 1 aromatic carbocycles. The van der Waals surface area contributed by atoms with Crippen molar-refractivity contribution in [3.05, 3.63) is 23.8 Å². The van der Waals surface area contributed by atoms with Gasteiger partial charge in [-0.15, -0.1) is 0 Å². The number of ether oxygens (including phenoxy) is 1. The lowest BCUT2D eigenvalue weighted by Gasteiger charge is -2.22. The zero-order valence-electron chi connectivity index (χ0n) is 12.5. The van der Waals surface area contributed by atoms with E-state index in [2.05, 4.69) is 24.1 Å². The highest BCUT2D eigenvalue weighted by atomic mass is 19.4. The summed E-state index contributed by atoms with van der Waals surface area (Å²) in [7, 11) is 1.36. The monoisotopic (exact) mass is 302 g/mol. The van der Waals surface area contributed by atoms with Crippen molar-refractivity contribution in [1.82, 2.24) is 4.90 Å². The quantitative estimate of drug-likeness (QED) is 0.919. The molecule has 1 saturated heterocycles. The van der Waals surface area contributed by atoms with Gasteiger partial charge in [0.05, 0.1) is 12.7 Å². The van der Waals surface area contributed by atoms with Crippen molar-refractivity contribution in [3.8, 4) is 5.75 Å². The number of hydrogen-bond donors (Lipinski definition) is 1. The fraction of sp³-hybridized carbons (Fsp3) is 0.600. The van der Waals surface area contributed by atoms with Crippen molar-refractivity contribution in [2.24, 2.45) is 0 Å². The Balaban J connectivity index is 2.17. The predicted octanol–water partition coefficient (Wildman–Crippen LogP) is 3.61. The van der Waals surface area contributed by atoms with Gasteiger partial charge in [0.25, 0.3) is 0 Å². The van der Waals surface area contributed by atoms with Crippen molar-refractivity contribution in [2.45, 2.75) is 38.5 Å². The Morgan fingerprint density at radius 2 is 2.05 bits per heavy atom. The van der Waals surface area contributed by atoms with E-state index in [0.29, 0.717) is 6.04 Å². The molecule has 1 aliphatic heterocycles. The average molecular weight is 302 g/mol. The fourth-order valence-electron chi connectivity index (χ4n) is 2.60. The van der Waals surface area contributed by atoms with Gasteiger partial charge in [0.2, 0.25) is 0 Å². The Kier molecular flexibility index (Phi) is 4.66. The fourth-order valence-corrected chi connectivity index (χ4v) is 2.60. The largest absolute Gasteiger partial charge is 0.497 e. The van der Waals surface area contributed by atoms with Crippen LogP contribution < -0.4 is 10.1 Å². The number of alkyl halides is 3. The molecule has 1 fully saturated rings. The Labute approximate surface area is 123 Å². The third kappa shape index (κ3) is 3.81. The first-order chi connectivity index (χ1) is 9.81. The second-order valence-electron chi connectivity index (χ2n) is 5.63.